The number of methoxy groups -OCH3 is 1. The Morgan fingerprint density at radius 3 is 2.12 bits per heavy atom. The van der Waals surface area contributed by atoms with E-state index in [1.54, 1.807) is 48.5 Å². The second-order valence-corrected chi connectivity index (χ2v) is 12.0. The van der Waals surface area contributed by atoms with Crippen LogP contribution in [0.5, 0.6) is 5.75 Å². The van der Waals surface area contributed by atoms with Crippen molar-refractivity contribution >= 4 is 39.1 Å². The van der Waals surface area contributed by atoms with Crippen LogP contribution in [0.1, 0.15) is 31.4 Å². The molecule has 214 valence electrons. The quantitative estimate of drug-likeness (QED) is 0.314. The third kappa shape index (κ3) is 8.72. The van der Waals surface area contributed by atoms with Crippen molar-refractivity contribution in [3.8, 4) is 5.75 Å². The minimum atomic E-state index is -3.85. The summed E-state index contributed by atoms with van der Waals surface area (Å²) in [5.41, 5.74) is 1.94. The van der Waals surface area contributed by atoms with Gasteiger partial charge in [-0.1, -0.05) is 61.0 Å². The fraction of sp³-hybridized carbons (Fsp3) is 0.333. The Hall–Kier alpha value is -3.56. The molecule has 0 heterocycles. The van der Waals surface area contributed by atoms with E-state index in [4.69, 9.17) is 16.3 Å². The zero-order chi connectivity index (χ0) is 29.3. The normalized spacial score (nSPS) is 12.7. The van der Waals surface area contributed by atoms with E-state index in [0.717, 1.165) is 21.7 Å². The van der Waals surface area contributed by atoms with Crippen LogP contribution in [0.15, 0.2) is 78.9 Å². The van der Waals surface area contributed by atoms with Gasteiger partial charge in [0.25, 0.3) is 0 Å². The van der Waals surface area contributed by atoms with E-state index >= 15 is 0 Å². The zero-order valence-electron chi connectivity index (χ0n) is 23.2. The molecule has 0 spiro atoms. The molecule has 0 aliphatic rings. The molecule has 2 amide bonds. The number of halogens is 1. The van der Waals surface area contributed by atoms with E-state index in [9.17, 15) is 18.0 Å². The number of amides is 2. The first kappa shape index (κ1) is 31.0. The second-order valence-electron chi connectivity index (χ2n) is 9.64. The van der Waals surface area contributed by atoms with Crippen LogP contribution >= 0.6 is 11.6 Å². The predicted octanol–water partition coefficient (Wildman–Crippen LogP) is 4.67. The molecule has 3 aromatic carbocycles. The van der Waals surface area contributed by atoms with Crippen molar-refractivity contribution in [2.75, 3.05) is 24.2 Å². The van der Waals surface area contributed by atoms with Crippen molar-refractivity contribution in [1.82, 2.24) is 10.2 Å². The summed E-state index contributed by atoms with van der Waals surface area (Å²) in [4.78, 5) is 29.2. The number of nitrogens with one attached hydrogen (secondary N) is 1. The summed E-state index contributed by atoms with van der Waals surface area (Å²) in [5, 5.41) is 3.55. The molecule has 0 aliphatic heterocycles. The first-order valence-electron chi connectivity index (χ1n) is 13.0. The van der Waals surface area contributed by atoms with Gasteiger partial charge in [-0.05, 0) is 60.9 Å². The lowest BCUT2D eigenvalue weighted by atomic mass is 10.0. The van der Waals surface area contributed by atoms with Crippen molar-refractivity contribution < 1.29 is 22.7 Å². The van der Waals surface area contributed by atoms with E-state index in [1.165, 1.54) is 12.0 Å². The number of hydrogen-bond donors (Lipinski definition) is 1. The Kier molecular flexibility index (Phi) is 11.0. The Bertz CT molecular complexity index is 1370. The lowest BCUT2D eigenvalue weighted by Gasteiger charge is -2.34. The molecule has 0 bridgehead atoms. The number of carbonyl (C=O) groups is 2. The maximum absolute atomic E-state index is 14.0. The monoisotopic (exact) mass is 585 g/mol. The fourth-order valence-electron chi connectivity index (χ4n) is 4.14. The van der Waals surface area contributed by atoms with E-state index in [2.05, 4.69) is 5.32 Å². The molecule has 0 aromatic heterocycles. The topological polar surface area (TPSA) is 96.0 Å². The molecule has 3 rings (SSSR count). The molecule has 0 saturated heterocycles. The molecule has 3 aromatic rings. The van der Waals surface area contributed by atoms with Gasteiger partial charge in [0.15, 0.2) is 0 Å². The maximum atomic E-state index is 14.0. The first-order chi connectivity index (χ1) is 19.0. The van der Waals surface area contributed by atoms with Crippen molar-refractivity contribution in [1.29, 1.82) is 0 Å². The molecule has 2 atom stereocenters. The number of ether oxygens (including phenoxy) is 1. The average molecular weight is 586 g/mol. The van der Waals surface area contributed by atoms with Crippen LogP contribution in [0.25, 0.3) is 0 Å². The Labute approximate surface area is 241 Å². The molecule has 40 heavy (non-hydrogen) atoms. The number of nitrogens with zero attached hydrogens (tertiary/aromatic N) is 2. The zero-order valence-corrected chi connectivity index (χ0v) is 24.8. The second kappa shape index (κ2) is 14.2. The van der Waals surface area contributed by atoms with Crippen LogP contribution in [0.2, 0.25) is 5.02 Å². The largest absolute Gasteiger partial charge is 0.497 e. The maximum Gasteiger partial charge on any atom is 0.244 e. The molecule has 0 radical (unpaired) electrons. The minimum absolute atomic E-state index is 0.0850. The number of sulfonamides is 1. The summed E-state index contributed by atoms with van der Waals surface area (Å²) in [6.07, 6.45) is 2.02. The third-order valence-corrected chi connectivity index (χ3v) is 7.97. The van der Waals surface area contributed by atoms with E-state index in [0.29, 0.717) is 22.9 Å². The molecule has 1 N–H and O–H groups in total. The van der Waals surface area contributed by atoms with Gasteiger partial charge < -0.3 is 15.0 Å². The standard InChI is InChI=1S/C30H36ClN3O5S/c1-5-22(2)32-30(36)28(19-23-9-7-6-8-10-23)33(20-24-11-13-25(31)14-12-24)29(35)21-34(40(4,37)38)26-15-17-27(39-3)18-16-26/h6-18,22,28H,5,19-21H2,1-4H3,(H,32,36). The third-order valence-electron chi connectivity index (χ3n) is 6.58. The SMILES string of the molecule is CCC(C)NC(=O)C(Cc1ccccc1)N(Cc1ccc(Cl)cc1)C(=O)CN(c1ccc(OC)cc1)S(C)(=O)=O. The van der Waals surface area contributed by atoms with Crippen molar-refractivity contribution in [3.63, 3.8) is 0 Å². The van der Waals surface area contributed by atoms with Gasteiger partial charge in [0.05, 0.1) is 19.1 Å². The molecule has 0 aliphatic carbocycles. The van der Waals surface area contributed by atoms with Crippen LogP contribution in [-0.2, 0) is 32.6 Å². The number of benzene rings is 3. The molecule has 0 saturated carbocycles. The number of anilines is 1. The fourth-order valence-corrected chi connectivity index (χ4v) is 5.12. The Morgan fingerprint density at radius 1 is 0.950 bits per heavy atom. The molecular weight excluding hydrogens is 550 g/mol. The Morgan fingerprint density at radius 2 is 1.57 bits per heavy atom. The van der Waals surface area contributed by atoms with E-state index in [-0.39, 0.29) is 24.9 Å². The van der Waals surface area contributed by atoms with Gasteiger partial charge in [0, 0.05) is 24.0 Å². The summed E-state index contributed by atoms with van der Waals surface area (Å²) in [6, 6.07) is 21.8. The highest BCUT2D eigenvalue weighted by molar-refractivity contribution is 7.92. The highest BCUT2D eigenvalue weighted by Crippen LogP contribution is 2.23. The van der Waals surface area contributed by atoms with Crippen LogP contribution in [0, 0.1) is 0 Å². The molecule has 0 fully saturated rings. The van der Waals surface area contributed by atoms with Crippen LogP contribution in [0.3, 0.4) is 0 Å². The number of hydrogen-bond acceptors (Lipinski definition) is 5. The smallest absolute Gasteiger partial charge is 0.244 e. The lowest BCUT2D eigenvalue weighted by Crippen LogP contribution is -2.54. The highest BCUT2D eigenvalue weighted by atomic mass is 35.5. The van der Waals surface area contributed by atoms with Crippen molar-refractivity contribution in [2.24, 2.45) is 0 Å². The van der Waals surface area contributed by atoms with E-state index in [1.807, 2.05) is 44.2 Å². The lowest BCUT2D eigenvalue weighted by molar-refractivity contribution is -0.140. The molecular formula is C30H36ClN3O5S. The molecule has 2 unspecified atom stereocenters. The minimum Gasteiger partial charge on any atom is -0.497 e. The van der Waals surface area contributed by atoms with E-state index < -0.39 is 28.5 Å². The summed E-state index contributed by atoms with van der Waals surface area (Å²) >= 11 is 6.09. The predicted molar refractivity (Wildman–Crippen MR) is 159 cm³/mol. The summed E-state index contributed by atoms with van der Waals surface area (Å²) in [7, 11) is -2.33. The number of carbonyl (C=O) groups excluding carboxylic acids is 2. The average Bonchev–Trinajstić information content (AvgIpc) is 2.94. The molecule has 8 nitrogen and oxygen atoms in total. The van der Waals surface area contributed by atoms with Gasteiger partial charge in [0.2, 0.25) is 21.8 Å². The molecule has 10 heteroatoms. The number of rotatable bonds is 13. The van der Waals surface area contributed by atoms with Crippen LogP contribution in [-0.4, -0.2) is 57.1 Å². The van der Waals surface area contributed by atoms with Crippen LogP contribution in [0.4, 0.5) is 5.69 Å². The highest BCUT2D eigenvalue weighted by Gasteiger charge is 2.33. The van der Waals surface area contributed by atoms with Gasteiger partial charge >= 0.3 is 0 Å². The van der Waals surface area contributed by atoms with Gasteiger partial charge in [-0.25, -0.2) is 8.42 Å². The van der Waals surface area contributed by atoms with Crippen molar-refractivity contribution in [3.05, 3.63) is 95.0 Å². The van der Waals surface area contributed by atoms with Gasteiger partial charge in [-0.3, -0.25) is 13.9 Å². The summed E-state index contributed by atoms with van der Waals surface area (Å²) in [6.45, 7) is 3.47. The summed E-state index contributed by atoms with van der Waals surface area (Å²) < 4.78 is 31.9. The first-order valence-corrected chi connectivity index (χ1v) is 15.2. The summed E-state index contributed by atoms with van der Waals surface area (Å²) in [5.74, 6) is -0.273. The van der Waals surface area contributed by atoms with Gasteiger partial charge in [0.1, 0.15) is 18.3 Å². The van der Waals surface area contributed by atoms with Gasteiger partial charge in [-0.2, -0.15) is 0 Å². The van der Waals surface area contributed by atoms with Crippen LogP contribution < -0.4 is 14.4 Å². The van der Waals surface area contributed by atoms with Crippen molar-refractivity contribution in [2.45, 2.75) is 45.3 Å². The van der Waals surface area contributed by atoms with Gasteiger partial charge in [-0.15, -0.1) is 0 Å². The Balaban J connectivity index is 2.04.